The van der Waals surface area contributed by atoms with Gasteiger partial charge in [-0.15, -0.1) is 0 Å². The molecular weight excluding hydrogens is 448 g/mol. The first-order chi connectivity index (χ1) is 15.8. The molecule has 8 nitrogen and oxygen atoms in total. The van der Waals surface area contributed by atoms with Crippen LogP contribution in [0.5, 0.6) is 5.75 Å². The number of aliphatic hydroxyl groups excluding tert-OH is 4. The minimum atomic E-state index is -3.49. The number of benzene rings is 2. The van der Waals surface area contributed by atoms with E-state index in [1.807, 2.05) is 31.2 Å². The van der Waals surface area contributed by atoms with Crippen molar-refractivity contribution in [2.75, 3.05) is 13.2 Å². The van der Waals surface area contributed by atoms with E-state index in [1.165, 1.54) is 6.07 Å². The molecule has 2 aliphatic rings. The van der Waals surface area contributed by atoms with E-state index in [9.17, 15) is 28.8 Å². The fraction of sp³-hybridized carbons (Fsp3) is 0.500. The van der Waals surface area contributed by atoms with Crippen LogP contribution in [0.4, 0.5) is 0 Å². The molecule has 0 unspecified atom stereocenters. The Kier molecular flexibility index (Phi) is 7.09. The molecule has 4 N–H and O–H groups in total. The average molecular weight is 479 g/mol. The molecule has 0 amide bonds. The van der Waals surface area contributed by atoms with Crippen molar-refractivity contribution in [3.63, 3.8) is 0 Å². The second kappa shape index (κ2) is 9.69. The summed E-state index contributed by atoms with van der Waals surface area (Å²) in [5.74, 6) is 0.724. The minimum Gasteiger partial charge on any atom is -0.494 e. The Hall–Kier alpha value is -2.01. The molecule has 2 fully saturated rings. The van der Waals surface area contributed by atoms with E-state index in [4.69, 9.17) is 9.47 Å². The molecule has 9 heteroatoms. The molecule has 1 heterocycles. The van der Waals surface area contributed by atoms with Crippen molar-refractivity contribution < 1.29 is 38.3 Å². The Labute approximate surface area is 193 Å². The van der Waals surface area contributed by atoms with Crippen LogP contribution in [0.2, 0.25) is 0 Å². The van der Waals surface area contributed by atoms with Crippen molar-refractivity contribution in [2.45, 2.75) is 66.9 Å². The summed E-state index contributed by atoms with van der Waals surface area (Å²) in [5.41, 5.74) is 1.90. The zero-order valence-electron chi connectivity index (χ0n) is 18.4. The van der Waals surface area contributed by atoms with Crippen LogP contribution >= 0.6 is 0 Å². The molecule has 1 saturated carbocycles. The van der Waals surface area contributed by atoms with E-state index in [0.29, 0.717) is 37.0 Å². The van der Waals surface area contributed by atoms with Crippen molar-refractivity contribution in [1.82, 2.24) is 0 Å². The number of aliphatic hydroxyl groups is 4. The van der Waals surface area contributed by atoms with Crippen molar-refractivity contribution in [3.05, 3.63) is 59.2 Å². The van der Waals surface area contributed by atoms with E-state index in [-0.39, 0.29) is 10.1 Å². The molecule has 0 bridgehead atoms. The van der Waals surface area contributed by atoms with Crippen LogP contribution in [0.3, 0.4) is 0 Å². The van der Waals surface area contributed by atoms with Crippen molar-refractivity contribution >= 4 is 9.84 Å². The molecular formula is C24H30O8S. The van der Waals surface area contributed by atoms with E-state index >= 15 is 0 Å². The highest BCUT2D eigenvalue weighted by atomic mass is 32.2. The predicted octanol–water partition coefficient (Wildman–Crippen LogP) is 1.13. The quantitative estimate of drug-likeness (QED) is 0.444. The van der Waals surface area contributed by atoms with Crippen LogP contribution in [0.1, 0.15) is 42.6 Å². The van der Waals surface area contributed by atoms with Gasteiger partial charge in [-0.2, -0.15) is 0 Å². The second-order valence-corrected chi connectivity index (χ2v) is 10.8. The highest BCUT2D eigenvalue weighted by Crippen LogP contribution is 2.38. The molecule has 1 aliphatic carbocycles. The second-order valence-electron chi connectivity index (χ2n) is 8.61. The summed E-state index contributed by atoms with van der Waals surface area (Å²) in [4.78, 5) is 0.243. The maximum Gasteiger partial charge on any atom is 0.181 e. The lowest BCUT2D eigenvalue weighted by atomic mass is 9.90. The molecule has 0 spiro atoms. The lowest BCUT2D eigenvalue weighted by molar-refractivity contribution is -0.231. The molecule has 4 rings (SSSR count). The van der Waals surface area contributed by atoms with Crippen LogP contribution in [0.15, 0.2) is 47.4 Å². The summed E-state index contributed by atoms with van der Waals surface area (Å²) in [5, 5.41) is 39.9. The fourth-order valence-electron chi connectivity index (χ4n) is 4.22. The molecule has 1 saturated heterocycles. The third-order valence-electron chi connectivity index (χ3n) is 6.20. The molecule has 0 radical (unpaired) electrons. The van der Waals surface area contributed by atoms with Gasteiger partial charge in [-0.05, 0) is 61.1 Å². The molecule has 2 aromatic rings. The SMILES string of the molecule is CCOc1ccc(Cc2cc([C@@H]3O[C@H](CO)[C@@H](O)[C@H](O)[C@H]3O)ccc2S(=O)(=O)C2CC2)cc1. The van der Waals surface area contributed by atoms with Crippen molar-refractivity contribution in [3.8, 4) is 5.75 Å². The molecule has 1 aliphatic heterocycles. The van der Waals surface area contributed by atoms with Crippen LogP contribution in [0.25, 0.3) is 0 Å². The molecule has 0 aromatic heterocycles. The third-order valence-corrected chi connectivity index (χ3v) is 8.56. The van der Waals surface area contributed by atoms with E-state index in [0.717, 1.165) is 11.3 Å². The Balaban J connectivity index is 1.70. The zero-order valence-corrected chi connectivity index (χ0v) is 19.2. The van der Waals surface area contributed by atoms with Gasteiger partial charge < -0.3 is 29.9 Å². The Morgan fingerprint density at radius 3 is 2.30 bits per heavy atom. The number of rotatable bonds is 8. The van der Waals surface area contributed by atoms with E-state index in [2.05, 4.69) is 0 Å². The first-order valence-electron chi connectivity index (χ1n) is 11.1. The number of ether oxygens (including phenoxy) is 2. The predicted molar refractivity (Wildman–Crippen MR) is 120 cm³/mol. The van der Waals surface area contributed by atoms with Gasteiger partial charge in [0, 0.05) is 0 Å². The van der Waals surface area contributed by atoms with Crippen LogP contribution in [-0.4, -0.2) is 71.7 Å². The van der Waals surface area contributed by atoms with Crippen LogP contribution < -0.4 is 4.74 Å². The highest BCUT2D eigenvalue weighted by Gasteiger charge is 2.44. The Morgan fingerprint density at radius 1 is 1.00 bits per heavy atom. The van der Waals surface area contributed by atoms with E-state index in [1.54, 1.807) is 12.1 Å². The maximum atomic E-state index is 13.1. The Morgan fingerprint density at radius 2 is 1.70 bits per heavy atom. The number of hydrogen-bond acceptors (Lipinski definition) is 8. The number of hydrogen-bond donors (Lipinski definition) is 4. The first kappa shape index (κ1) is 24.1. The van der Waals surface area contributed by atoms with Crippen molar-refractivity contribution in [1.29, 1.82) is 0 Å². The summed E-state index contributed by atoms with van der Waals surface area (Å²) >= 11 is 0. The Bertz CT molecular complexity index is 1060. The largest absolute Gasteiger partial charge is 0.494 e. The fourth-order valence-corrected chi connectivity index (χ4v) is 6.09. The third kappa shape index (κ3) is 4.94. The highest BCUT2D eigenvalue weighted by molar-refractivity contribution is 7.92. The van der Waals surface area contributed by atoms with Crippen molar-refractivity contribution in [2.24, 2.45) is 0 Å². The lowest BCUT2D eigenvalue weighted by Crippen LogP contribution is -2.55. The van der Waals surface area contributed by atoms with Gasteiger partial charge in [0.15, 0.2) is 9.84 Å². The van der Waals surface area contributed by atoms with Gasteiger partial charge in [0.2, 0.25) is 0 Å². The summed E-state index contributed by atoms with van der Waals surface area (Å²) in [6.07, 6.45) is -4.87. The smallest absolute Gasteiger partial charge is 0.181 e. The van der Waals surface area contributed by atoms with Gasteiger partial charge in [-0.1, -0.05) is 24.3 Å². The maximum absolute atomic E-state index is 13.1. The van der Waals surface area contributed by atoms with Gasteiger partial charge in [-0.3, -0.25) is 0 Å². The van der Waals surface area contributed by atoms with Crippen LogP contribution in [0, 0.1) is 0 Å². The average Bonchev–Trinajstić information content (AvgIpc) is 3.65. The molecule has 2 aromatic carbocycles. The summed E-state index contributed by atoms with van der Waals surface area (Å²) in [7, 11) is -3.49. The van der Waals surface area contributed by atoms with E-state index < -0.39 is 47.0 Å². The number of sulfone groups is 1. The van der Waals surface area contributed by atoms with Crippen LogP contribution in [-0.2, 0) is 21.0 Å². The van der Waals surface area contributed by atoms with Gasteiger partial charge in [-0.25, -0.2) is 8.42 Å². The normalized spacial score (nSPS) is 28.0. The summed E-state index contributed by atoms with van der Waals surface area (Å²) < 4.78 is 37.3. The van der Waals surface area contributed by atoms with Gasteiger partial charge in [0.05, 0.1) is 23.4 Å². The summed E-state index contributed by atoms with van der Waals surface area (Å²) in [6, 6.07) is 12.2. The van der Waals surface area contributed by atoms with Gasteiger partial charge in [0.1, 0.15) is 36.3 Å². The standard InChI is InChI=1S/C24H30O8S/c1-2-31-17-6-3-14(4-7-17)11-16-12-15(5-10-20(16)33(29,30)18-8-9-18)24-23(28)22(27)21(26)19(13-25)32-24/h3-7,10,12,18-19,21-28H,2,8-9,11,13H2,1H3/t19-,21-,22+,23-,24+/m1/s1. The lowest BCUT2D eigenvalue weighted by Gasteiger charge is -2.40. The molecule has 5 atom stereocenters. The molecule has 33 heavy (non-hydrogen) atoms. The minimum absolute atomic E-state index is 0.243. The zero-order chi connectivity index (χ0) is 23.8. The van der Waals surface area contributed by atoms with Gasteiger partial charge >= 0.3 is 0 Å². The van der Waals surface area contributed by atoms with Gasteiger partial charge in [0.25, 0.3) is 0 Å². The topological polar surface area (TPSA) is 134 Å². The monoisotopic (exact) mass is 478 g/mol. The first-order valence-corrected chi connectivity index (χ1v) is 12.7. The molecule has 180 valence electrons. The summed E-state index contributed by atoms with van der Waals surface area (Å²) in [6.45, 7) is 1.91.